The maximum atomic E-state index is 5.39. The summed E-state index contributed by atoms with van der Waals surface area (Å²) in [5.74, 6) is 1.60. The van der Waals surface area contributed by atoms with E-state index in [9.17, 15) is 0 Å². The molecule has 0 radical (unpaired) electrons. The van der Waals surface area contributed by atoms with Crippen LogP contribution in [0.25, 0.3) is 0 Å². The van der Waals surface area contributed by atoms with Crippen LogP contribution in [0.4, 0.5) is 11.6 Å². The standard InChI is InChI=1S/C21H29N5O/c1-3-4-5-6-18-7-9-19(10-8-18)17(2)24-25-20-15-21(23-16-22-20)26-11-13-27-14-12-26/h7-10,15-16H,3-6,11-14H2,1-2H3,(H,22,23,25)/b24-17-. The first-order valence-corrected chi connectivity index (χ1v) is 9.80. The fourth-order valence-electron chi connectivity index (χ4n) is 3.07. The van der Waals surface area contributed by atoms with Crippen LogP contribution in [0.1, 0.15) is 44.2 Å². The number of nitrogens with one attached hydrogen (secondary N) is 1. The Kier molecular flexibility index (Phi) is 7.16. The van der Waals surface area contributed by atoms with Gasteiger partial charge in [-0.05, 0) is 30.9 Å². The molecule has 6 heteroatoms. The summed E-state index contributed by atoms with van der Waals surface area (Å²) in [7, 11) is 0. The third kappa shape index (κ3) is 5.76. The van der Waals surface area contributed by atoms with Crippen molar-refractivity contribution in [3.8, 4) is 0 Å². The highest BCUT2D eigenvalue weighted by Crippen LogP contribution is 2.16. The molecule has 6 nitrogen and oxygen atoms in total. The Bertz CT molecular complexity index is 738. The van der Waals surface area contributed by atoms with Gasteiger partial charge in [0, 0.05) is 19.2 Å². The lowest BCUT2D eigenvalue weighted by Gasteiger charge is -2.27. The molecule has 1 aromatic carbocycles. The molecule has 0 amide bonds. The molecule has 0 spiro atoms. The van der Waals surface area contributed by atoms with Gasteiger partial charge in [-0.2, -0.15) is 5.10 Å². The second-order valence-corrected chi connectivity index (χ2v) is 6.82. The summed E-state index contributed by atoms with van der Waals surface area (Å²) in [6, 6.07) is 10.6. The van der Waals surface area contributed by atoms with Gasteiger partial charge in [-0.25, -0.2) is 9.97 Å². The number of hydrazone groups is 1. The van der Waals surface area contributed by atoms with Crippen molar-refractivity contribution in [1.29, 1.82) is 0 Å². The van der Waals surface area contributed by atoms with Crippen molar-refractivity contribution in [2.75, 3.05) is 36.6 Å². The minimum Gasteiger partial charge on any atom is -0.378 e. The number of ether oxygens (including phenoxy) is 1. The average molecular weight is 367 g/mol. The third-order valence-corrected chi connectivity index (χ3v) is 4.77. The smallest absolute Gasteiger partial charge is 0.151 e. The van der Waals surface area contributed by atoms with E-state index in [0.717, 1.165) is 49.8 Å². The zero-order valence-electron chi connectivity index (χ0n) is 16.3. The maximum Gasteiger partial charge on any atom is 0.151 e. The SMILES string of the molecule is CCCCCc1ccc(/C(C)=N\Nc2cc(N3CCOCC3)ncn2)cc1. The number of rotatable bonds is 8. The number of nitrogens with zero attached hydrogens (tertiary/aromatic N) is 4. The van der Waals surface area contributed by atoms with Crippen LogP contribution in [0.15, 0.2) is 41.8 Å². The number of hydrogen-bond acceptors (Lipinski definition) is 6. The van der Waals surface area contributed by atoms with Gasteiger partial charge in [-0.1, -0.05) is 44.0 Å². The van der Waals surface area contributed by atoms with E-state index in [1.54, 1.807) is 6.33 Å². The molecule has 1 saturated heterocycles. The summed E-state index contributed by atoms with van der Waals surface area (Å²) in [6.07, 6.45) is 6.52. The molecule has 0 atom stereocenters. The van der Waals surface area contributed by atoms with Crippen LogP contribution in [-0.4, -0.2) is 42.0 Å². The third-order valence-electron chi connectivity index (χ3n) is 4.77. The molecule has 2 heterocycles. The molecular formula is C21H29N5O. The summed E-state index contributed by atoms with van der Waals surface area (Å²) in [6.45, 7) is 7.41. The van der Waals surface area contributed by atoms with Gasteiger partial charge in [-0.15, -0.1) is 0 Å². The number of hydrogen-bond donors (Lipinski definition) is 1. The summed E-state index contributed by atoms with van der Waals surface area (Å²) in [5, 5.41) is 4.49. The molecular weight excluding hydrogens is 338 g/mol. The molecule has 0 saturated carbocycles. The highest BCUT2D eigenvalue weighted by atomic mass is 16.5. The molecule has 144 valence electrons. The first-order chi connectivity index (χ1) is 13.3. The lowest BCUT2D eigenvalue weighted by molar-refractivity contribution is 0.122. The van der Waals surface area contributed by atoms with Crippen molar-refractivity contribution in [3.05, 3.63) is 47.8 Å². The molecule has 1 aliphatic heterocycles. The van der Waals surface area contributed by atoms with E-state index in [4.69, 9.17) is 4.74 Å². The van der Waals surface area contributed by atoms with Gasteiger partial charge in [0.2, 0.25) is 0 Å². The van der Waals surface area contributed by atoms with E-state index in [1.165, 1.54) is 24.8 Å². The van der Waals surface area contributed by atoms with E-state index < -0.39 is 0 Å². The van der Waals surface area contributed by atoms with Gasteiger partial charge in [0.25, 0.3) is 0 Å². The second-order valence-electron chi connectivity index (χ2n) is 6.82. The summed E-state index contributed by atoms with van der Waals surface area (Å²) < 4.78 is 5.39. The van der Waals surface area contributed by atoms with Crippen LogP contribution in [-0.2, 0) is 11.2 Å². The Balaban J connectivity index is 1.60. The van der Waals surface area contributed by atoms with E-state index in [1.807, 2.05) is 13.0 Å². The molecule has 1 fully saturated rings. The summed E-state index contributed by atoms with van der Waals surface area (Å²) in [5.41, 5.74) is 6.49. The Morgan fingerprint density at radius 3 is 2.67 bits per heavy atom. The zero-order valence-corrected chi connectivity index (χ0v) is 16.3. The molecule has 0 aliphatic carbocycles. The van der Waals surface area contributed by atoms with Crippen molar-refractivity contribution < 1.29 is 4.74 Å². The van der Waals surface area contributed by atoms with Crippen molar-refractivity contribution in [3.63, 3.8) is 0 Å². The van der Waals surface area contributed by atoms with Crippen LogP contribution in [0.5, 0.6) is 0 Å². The van der Waals surface area contributed by atoms with Crippen LogP contribution < -0.4 is 10.3 Å². The zero-order chi connectivity index (χ0) is 18.9. The van der Waals surface area contributed by atoms with Crippen molar-refractivity contribution in [1.82, 2.24) is 9.97 Å². The molecule has 1 aliphatic rings. The summed E-state index contributed by atoms with van der Waals surface area (Å²) >= 11 is 0. The van der Waals surface area contributed by atoms with Crippen LogP contribution in [0, 0.1) is 0 Å². The first-order valence-electron chi connectivity index (χ1n) is 9.80. The molecule has 3 rings (SSSR count). The minimum absolute atomic E-state index is 0.696. The number of aryl methyl sites for hydroxylation is 1. The van der Waals surface area contributed by atoms with E-state index in [0.29, 0.717) is 5.82 Å². The van der Waals surface area contributed by atoms with Gasteiger partial charge in [0.05, 0.1) is 18.9 Å². The van der Waals surface area contributed by atoms with Crippen LogP contribution >= 0.6 is 0 Å². The Hall–Kier alpha value is -2.47. The number of unbranched alkanes of at least 4 members (excludes halogenated alkanes) is 2. The molecule has 1 N–H and O–H groups in total. The average Bonchev–Trinajstić information content (AvgIpc) is 2.73. The molecule has 0 unspecified atom stereocenters. The maximum absolute atomic E-state index is 5.39. The quantitative estimate of drug-likeness (QED) is 0.436. The molecule has 27 heavy (non-hydrogen) atoms. The van der Waals surface area contributed by atoms with E-state index >= 15 is 0 Å². The van der Waals surface area contributed by atoms with Crippen molar-refractivity contribution in [2.45, 2.75) is 39.5 Å². The van der Waals surface area contributed by atoms with Crippen molar-refractivity contribution >= 4 is 17.3 Å². The Morgan fingerprint density at radius 2 is 1.93 bits per heavy atom. The van der Waals surface area contributed by atoms with Gasteiger partial charge < -0.3 is 9.64 Å². The predicted octanol–water partition coefficient (Wildman–Crippen LogP) is 3.88. The monoisotopic (exact) mass is 367 g/mol. The fraction of sp³-hybridized carbons (Fsp3) is 0.476. The van der Waals surface area contributed by atoms with E-state index in [-0.39, 0.29) is 0 Å². The van der Waals surface area contributed by atoms with E-state index in [2.05, 4.69) is 56.6 Å². The number of anilines is 2. The molecule has 2 aromatic rings. The number of aromatic nitrogens is 2. The summed E-state index contributed by atoms with van der Waals surface area (Å²) in [4.78, 5) is 10.8. The minimum atomic E-state index is 0.696. The van der Waals surface area contributed by atoms with Crippen LogP contribution in [0.3, 0.4) is 0 Å². The first kappa shape index (κ1) is 19.3. The van der Waals surface area contributed by atoms with Crippen molar-refractivity contribution in [2.24, 2.45) is 5.10 Å². The van der Waals surface area contributed by atoms with Gasteiger partial charge in [0.1, 0.15) is 12.1 Å². The van der Waals surface area contributed by atoms with Gasteiger partial charge >= 0.3 is 0 Å². The Morgan fingerprint density at radius 1 is 1.15 bits per heavy atom. The molecule has 0 bridgehead atoms. The Labute approximate surface area is 161 Å². The lowest BCUT2D eigenvalue weighted by Crippen LogP contribution is -2.36. The molecule has 1 aromatic heterocycles. The van der Waals surface area contributed by atoms with Gasteiger partial charge in [0.15, 0.2) is 5.82 Å². The second kappa shape index (κ2) is 10.0. The van der Waals surface area contributed by atoms with Gasteiger partial charge in [-0.3, -0.25) is 5.43 Å². The number of morpholine rings is 1. The predicted molar refractivity (Wildman–Crippen MR) is 111 cm³/mol. The number of benzene rings is 1. The topological polar surface area (TPSA) is 62.6 Å². The normalized spacial score (nSPS) is 15.0. The highest BCUT2D eigenvalue weighted by molar-refractivity contribution is 5.99. The largest absolute Gasteiger partial charge is 0.378 e. The highest BCUT2D eigenvalue weighted by Gasteiger charge is 2.12. The fourth-order valence-corrected chi connectivity index (χ4v) is 3.07. The van der Waals surface area contributed by atoms with Crippen LogP contribution in [0.2, 0.25) is 0 Å². The lowest BCUT2D eigenvalue weighted by atomic mass is 10.0.